The van der Waals surface area contributed by atoms with Crippen molar-refractivity contribution < 1.29 is 5.11 Å². The van der Waals surface area contributed by atoms with Gasteiger partial charge in [-0.2, -0.15) is 0 Å². The Bertz CT molecular complexity index is 424. The van der Waals surface area contributed by atoms with Crippen LogP contribution in [0.3, 0.4) is 0 Å². The van der Waals surface area contributed by atoms with Gasteiger partial charge in [-0.15, -0.1) is 10.2 Å². The van der Waals surface area contributed by atoms with Crippen molar-refractivity contribution in [3.63, 3.8) is 0 Å². The molecule has 0 radical (unpaired) electrons. The molecule has 1 N–H and O–H groups in total. The van der Waals surface area contributed by atoms with Gasteiger partial charge in [0.2, 0.25) is 0 Å². The Hall–Kier alpha value is -0.870. The average molecular weight is 256 g/mol. The van der Waals surface area contributed by atoms with Gasteiger partial charge in [0.1, 0.15) is 0 Å². The highest BCUT2D eigenvalue weighted by Gasteiger charge is 2.32. The van der Waals surface area contributed by atoms with Crippen molar-refractivity contribution in [2.24, 2.45) is 5.92 Å². The Morgan fingerprint density at radius 3 is 2.71 bits per heavy atom. The van der Waals surface area contributed by atoms with E-state index < -0.39 is 0 Å². The molecule has 2 atom stereocenters. The molecule has 4 nitrogen and oxygen atoms in total. The minimum absolute atomic E-state index is 0.142. The summed E-state index contributed by atoms with van der Waals surface area (Å²) in [6, 6.07) is 0.142. The Kier molecular flexibility index (Phi) is 3.54. The number of hydrogen-bond acceptors (Lipinski definition) is 4. The summed E-state index contributed by atoms with van der Waals surface area (Å²) in [5.74, 6) is 1.34. The Morgan fingerprint density at radius 2 is 2.06 bits per heavy atom. The van der Waals surface area contributed by atoms with Crippen molar-refractivity contribution in [2.75, 3.05) is 18.1 Å². The molecule has 1 aliphatic rings. The first kappa shape index (κ1) is 12.6. The highest BCUT2D eigenvalue weighted by molar-refractivity contribution is 6.30. The summed E-state index contributed by atoms with van der Waals surface area (Å²) in [7, 11) is 0. The molecule has 94 valence electrons. The molecule has 17 heavy (non-hydrogen) atoms. The summed E-state index contributed by atoms with van der Waals surface area (Å²) >= 11 is 5.95. The third-order valence-corrected chi connectivity index (χ3v) is 4.14. The van der Waals surface area contributed by atoms with Gasteiger partial charge >= 0.3 is 0 Å². The third-order valence-electron chi connectivity index (χ3n) is 3.78. The number of hydrogen-bond donors (Lipinski definition) is 1. The second-order valence-corrected chi connectivity index (χ2v) is 5.13. The zero-order valence-electron chi connectivity index (χ0n) is 10.4. The van der Waals surface area contributed by atoms with Crippen LogP contribution in [0.1, 0.15) is 24.5 Å². The third kappa shape index (κ3) is 2.11. The summed E-state index contributed by atoms with van der Waals surface area (Å²) < 4.78 is 0. The summed E-state index contributed by atoms with van der Waals surface area (Å²) in [6.45, 7) is 7.19. The molecule has 5 heteroatoms. The summed E-state index contributed by atoms with van der Waals surface area (Å²) in [5, 5.41) is 18.1. The fourth-order valence-electron chi connectivity index (χ4n) is 2.39. The van der Waals surface area contributed by atoms with E-state index >= 15 is 0 Å². The molecule has 0 amide bonds. The normalized spacial score (nSPS) is 24.4. The Balaban J connectivity index is 2.38. The van der Waals surface area contributed by atoms with Crippen molar-refractivity contribution in [1.82, 2.24) is 10.2 Å². The molecular formula is C12H18ClN3O. The lowest BCUT2D eigenvalue weighted by Crippen LogP contribution is -2.36. The fraction of sp³-hybridized carbons (Fsp3) is 0.667. The van der Waals surface area contributed by atoms with Crippen LogP contribution in [0.25, 0.3) is 0 Å². The lowest BCUT2D eigenvalue weighted by Gasteiger charge is -2.27. The molecule has 1 saturated heterocycles. The zero-order valence-corrected chi connectivity index (χ0v) is 11.2. The van der Waals surface area contributed by atoms with Crippen LogP contribution >= 0.6 is 11.6 Å². The van der Waals surface area contributed by atoms with E-state index in [4.69, 9.17) is 11.6 Å². The number of anilines is 1. The molecule has 2 heterocycles. The smallest absolute Gasteiger partial charge is 0.155 e. The van der Waals surface area contributed by atoms with Crippen molar-refractivity contribution in [3.05, 3.63) is 16.3 Å². The SMILES string of the molecule is Cc1c(Cl)nnc(N2CCC(C)C2CO)c1C. The quantitative estimate of drug-likeness (QED) is 0.878. The first-order chi connectivity index (χ1) is 8.06. The monoisotopic (exact) mass is 255 g/mol. The predicted molar refractivity (Wildman–Crippen MR) is 68.5 cm³/mol. The molecular weight excluding hydrogens is 238 g/mol. The van der Waals surface area contributed by atoms with Crippen molar-refractivity contribution in [2.45, 2.75) is 33.2 Å². The number of nitrogens with zero attached hydrogens (tertiary/aromatic N) is 3. The van der Waals surface area contributed by atoms with E-state index in [2.05, 4.69) is 22.0 Å². The van der Waals surface area contributed by atoms with Gasteiger partial charge in [-0.1, -0.05) is 18.5 Å². The van der Waals surface area contributed by atoms with Gasteiger partial charge < -0.3 is 10.0 Å². The second-order valence-electron chi connectivity index (χ2n) is 4.77. The van der Waals surface area contributed by atoms with Crippen LogP contribution in [0.2, 0.25) is 5.15 Å². The zero-order chi connectivity index (χ0) is 12.6. The lowest BCUT2D eigenvalue weighted by atomic mass is 10.0. The molecule has 0 bridgehead atoms. The molecule has 2 unspecified atom stereocenters. The van der Waals surface area contributed by atoms with Crippen LogP contribution in [-0.4, -0.2) is 34.5 Å². The highest BCUT2D eigenvalue weighted by atomic mass is 35.5. The summed E-state index contributed by atoms with van der Waals surface area (Å²) in [6.07, 6.45) is 1.08. The molecule has 2 rings (SSSR count). The number of aliphatic hydroxyl groups is 1. The number of halogens is 1. The second kappa shape index (κ2) is 4.78. The predicted octanol–water partition coefficient (Wildman–Crippen LogP) is 1.95. The maximum absolute atomic E-state index is 9.47. The molecule has 1 fully saturated rings. The largest absolute Gasteiger partial charge is 0.394 e. The maximum atomic E-state index is 9.47. The minimum atomic E-state index is 0.142. The molecule has 0 aromatic carbocycles. The lowest BCUT2D eigenvalue weighted by molar-refractivity contribution is 0.244. The van der Waals surface area contributed by atoms with Gasteiger partial charge in [0.15, 0.2) is 11.0 Å². The van der Waals surface area contributed by atoms with Crippen LogP contribution in [0.4, 0.5) is 5.82 Å². The van der Waals surface area contributed by atoms with E-state index in [1.54, 1.807) is 0 Å². The summed E-state index contributed by atoms with van der Waals surface area (Å²) in [4.78, 5) is 2.15. The van der Waals surface area contributed by atoms with Crippen LogP contribution < -0.4 is 4.90 Å². The van der Waals surface area contributed by atoms with Gasteiger partial charge in [0.05, 0.1) is 12.6 Å². The molecule has 0 aliphatic carbocycles. The number of rotatable bonds is 2. The number of aliphatic hydroxyl groups excluding tert-OH is 1. The molecule has 1 aromatic heterocycles. The average Bonchev–Trinajstić information content (AvgIpc) is 2.67. The van der Waals surface area contributed by atoms with Crippen LogP contribution in [0, 0.1) is 19.8 Å². The fourth-order valence-corrected chi connectivity index (χ4v) is 2.57. The van der Waals surface area contributed by atoms with Gasteiger partial charge in [-0.3, -0.25) is 0 Å². The van der Waals surface area contributed by atoms with E-state index in [1.807, 2.05) is 13.8 Å². The van der Waals surface area contributed by atoms with E-state index in [0.29, 0.717) is 11.1 Å². The molecule has 0 saturated carbocycles. The van der Waals surface area contributed by atoms with Crippen LogP contribution in [0.15, 0.2) is 0 Å². The van der Waals surface area contributed by atoms with E-state index in [-0.39, 0.29) is 12.6 Å². The van der Waals surface area contributed by atoms with Gasteiger partial charge in [0.25, 0.3) is 0 Å². The Labute approximate surface area is 107 Å². The van der Waals surface area contributed by atoms with Crippen molar-refractivity contribution in [1.29, 1.82) is 0 Å². The van der Waals surface area contributed by atoms with Crippen molar-refractivity contribution in [3.8, 4) is 0 Å². The van der Waals surface area contributed by atoms with Gasteiger partial charge in [-0.25, -0.2) is 0 Å². The summed E-state index contributed by atoms with van der Waals surface area (Å²) in [5.41, 5.74) is 2.02. The topological polar surface area (TPSA) is 49.2 Å². The van der Waals surface area contributed by atoms with Gasteiger partial charge in [0, 0.05) is 6.54 Å². The van der Waals surface area contributed by atoms with Crippen LogP contribution in [-0.2, 0) is 0 Å². The first-order valence-electron chi connectivity index (χ1n) is 5.93. The van der Waals surface area contributed by atoms with Crippen LogP contribution in [0.5, 0.6) is 0 Å². The molecule has 1 aliphatic heterocycles. The van der Waals surface area contributed by atoms with Crippen molar-refractivity contribution >= 4 is 17.4 Å². The van der Waals surface area contributed by atoms with E-state index in [9.17, 15) is 5.11 Å². The maximum Gasteiger partial charge on any atom is 0.155 e. The van der Waals surface area contributed by atoms with Gasteiger partial charge in [-0.05, 0) is 37.3 Å². The van der Waals surface area contributed by atoms with E-state index in [1.165, 1.54) is 0 Å². The first-order valence-corrected chi connectivity index (χ1v) is 6.31. The Morgan fingerprint density at radius 1 is 1.35 bits per heavy atom. The highest BCUT2D eigenvalue weighted by Crippen LogP contribution is 2.31. The molecule has 0 spiro atoms. The van der Waals surface area contributed by atoms with E-state index in [0.717, 1.165) is 29.9 Å². The standard InChI is InChI=1S/C12H18ClN3O/c1-7-4-5-16(10(7)6-17)12-9(3)8(2)11(13)14-15-12/h7,10,17H,4-6H2,1-3H3. The number of aromatic nitrogens is 2. The molecule has 1 aromatic rings. The minimum Gasteiger partial charge on any atom is -0.394 e.